The van der Waals surface area contributed by atoms with Crippen LogP contribution in [-0.2, 0) is 4.79 Å². The topological polar surface area (TPSA) is 96.9 Å². The second-order valence-electron chi connectivity index (χ2n) is 7.44. The van der Waals surface area contributed by atoms with E-state index in [1.807, 2.05) is 36.4 Å². The predicted molar refractivity (Wildman–Crippen MR) is 138 cm³/mol. The van der Waals surface area contributed by atoms with Crippen LogP contribution in [-0.4, -0.2) is 30.5 Å². The van der Waals surface area contributed by atoms with Crippen molar-refractivity contribution in [1.29, 1.82) is 0 Å². The van der Waals surface area contributed by atoms with Crippen molar-refractivity contribution in [1.82, 2.24) is 10.7 Å². The van der Waals surface area contributed by atoms with Crippen molar-refractivity contribution in [2.24, 2.45) is 5.10 Å². The van der Waals surface area contributed by atoms with E-state index >= 15 is 0 Å². The zero-order valence-corrected chi connectivity index (χ0v) is 20.0. The molecule has 0 aliphatic carbocycles. The lowest BCUT2D eigenvalue weighted by Crippen LogP contribution is -2.34. The molecular weight excluding hydrogens is 510 g/mol. The molecular formula is C27H20BrN3O4. The maximum atomic E-state index is 12.6. The van der Waals surface area contributed by atoms with E-state index in [0.717, 1.165) is 15.2 Å². The fraction of sp³-hybridized carbons (Fsp3) is 0.0370. The van der Waals surface area contributed by atoms with Crippen LogP contribution in [0.25, 0.3) is 10.8 Å². The number of ether oxygens (including phenoxy) is 1. The summed E-state index contributed by atoms with van der Waals surface area (Å²) in [5, 5.41) is 8.28. The van der Waals surface area contributed by atoms with E-state index in [-0.39, 0.29) is 12.5 Å². The summed E-state index contributed by atoms with van der Waals surface area (Å²) in [6.07, 6.45) is 1.42. The first-order valence-corrected chi connectivity index (χ1v) is 11.5. The van der Waals surface area contributed by atoms with Crippen LogP contribution >= 0.6 is 15.9 Å². The third-order valence-electron chi connectivity index (χ3n) is 5.02. The molecule has 0 bridgehead atoms. The molecule has 0 fully saturated rings. The lowest BCUT2D eigenvalue weighted by Gasteiger charge is -2.10. The first-order valence-electron chi connectivity index (χ1n) is 10.7. The van der Waals surface area contributed by atoms with Crippen LogP contribution in [0.5, 0.6) is 5.75 Å². The molecule has 0 radical (unpaired) electrons. The molecule has 0 spiro atoms. The standard InChI is InChI=1S/C27H20BrN3O4/c28-21-11-6-10-20(15-21)26(33)29-17-25(32)31-30-16-23-22-12-5-4-7-18(22)13-14-24(23)35-27(34)19-8-2-1-3-9-19/h1-16H,17H2,(H,29,33)(H,31,32). The molecule has 0 aliphatic rings. The summed E-state index contributed by atoms with van der Waals surface area (Å²) >= 11 is 3.31. The van der Waals surface area contributed by atoms with Gasteiger partial charge in [-0.25, -0.2) is 10.2 Å². The Labute approximate surface area is 209 Å². The summed E-state index contributed by atoms with van der Waals surface area (Å²) in [4.78, 5) is 37.0. The predicted octanol–water partition coefficient (Wildman–Crippen LogP) is 4.70. The van der Waals surface area contributed by atoms with Crippen LogP contribution in [0.15, 0.2) is 101 Å². The van der Waals surface area contributed by atoms with Gasteiger partial charge in [0, 0.05) is 15.6 Å². The molecule has 174 valence electrons. The Morgan fingerprint density at radius 1 is 0.857 bits per heavy atom. The number of carbonyl (C=O) groups excluding carboxylic acids is 3. The minimum Gasteiger partial charge on any atom is -0.422 e. The molecule has 0 aliphatic heterocycles. The van der Waals surface area contributed by atoms with Crippen molar-refractivity contribution in [3.63, 3.8) is 0 Å². The van der Waals surface area contributed by atoms with Crippen LogP contribution in [0.2, 0.25) is 0 Å². The molecule has 4 rings (SSSR count). The highest BCUT2D eigenvalue weighted by Crippen LogP contribution is 2.27. The maximum Gasteiger partial charge on any atom is 0.343 e. The Kier molecular flexibility index (Phi) is 7.64. The molecule has 2 amide bonds. The minimum absolute atomic E-state index is 0.256. The second kappa shape index (κ2) is 11.2. The fourth-order valence-corrected chi connectivity index (χ4v) is 3.73. The number of hydrazone groups is 1. The van der Waals surface area contributed by atoms with Gasteiger partial charge in [0.2, 0.25) is 0 Å². The number of halogens is 1. The Balaban J connectivity index is 1.46. The molecule has 4 aromatic carbocycles. The van der Waals surface area contributed by atoms with Gasteiger partial charge >= 0.3 is 5.97 Å². The van der Waals surface area contributed by atoms with Gasteiger partial charge in [0.1, 0.15) is 5.75 Å². The van der Waals surface area contributed by atoms with E-state index < -0.39 is 11.9 Å². The Bertz CT molecular complexity index is 1420. The number of rotatable bonds is 7. The Hall–Kier alpha value is -4.30. The monoisotopic (exact) mass is 529 g/mol. The largest absolute Gasteiger partial charge is 0.422 e. The number of hydrogen-bond acceptors (Lipinski definition) is 5. The quantitative estimate of drug-likeness (QED) is 0.157. The third-order valence-corrected chi connectivity index (χ3v) is 5.52. The highest BCUT2D eigenvalue weighted by atomic mass is 79.9. The lowest BCUT2D eigenvalue weighted by atomic mass is 10.0. The first-order chi connectivity index (χ1) is 17.0. The molecule has 8 heteroatoms. The minimum atomic E-state index is -0.507. The molecule has 0 saturated heterocycles. The number of fused-ring (bicyclic) bond motifs is 1. The normalized spacial score (nSPS) is 10.8. The molecule has 0 aromatic heterocycles. The number of nitrogens with one attached hydrogen (secondary N) is 2. The summed E-state index contributed by atoms with van der Waals surface area (Å²) in [7, 11) is 0. The molecule has 7 nitrogen and oxygen atoms in total. The van der Waals surface area contributed by atoms with Crippen LogP contribution in [0.3, 0.4) is 0 Å². The van der Waals surface area contributed by atoms with Gasteiger partial charge in [0.15, 0.2) is 0 Å². The van der Waals surface area contributed by atoms with Gasteiger partial charge in [0.05, 0.1) is 18.3 Å². The molecule has 4 aromatic rings. The molecule has 0 atom stereocenters. The maximum absolute atomic E-state index is 12.6. The average Bonchev–Trinajstić information content (AvgIpc) is 2.88. The van der Waals surface area contributed by atoms with Crippen LogP contribution in [0.4, 0.5) is 0 Å². The molecule has 2 N–H and O–H groups in total. The summed E-state index contributed by atoms with van der Waals surface area (Å²) in [5.41, 5.74) is 3.77. The van der Waals surface area contributed by atoms with Crippen molar-refractivity contribution in [3.05, 3.63) is 112 Å². The van der Waals surface area contributed by atoms with Crippen molar-refractivity contribution in [3.8, 4) is 5.75 Å². The highest BCUT2D eigenvalue weighted by Gasteiger charge is 2.13. The van der Waals surface area contributed by atoms with Crippen molar-refractivity contribution < 1.29 is 19.1 Å². The SMILES string of the molecule is O=C(CNC(=O)c1cccc(Br)c1)NN=Cc1c(OC(=O)c2ccccc2)ccc2ccccc12. The van der Waals surface area contributed by atoms with Gasteiger partial charge in [0.25, 0.3) is 11.8 Å². The first kappa shape index (κ1) is 23.8. The Morgan fingerprint density at radius 2 is 1.60 bits per heavy atom. The molecule has 35 heavy (non-hydrogen) atoms. The summed E-state index contributed by atoms with van der Waals surface area (Å²) < 4.78 is 6.39. The Morgan fingerprint density at radius 3 is 2.40 bits per heavy atom. The van der Waals surface area contributed by atoms with Gasteiger partial charge in [-0.15, -0.1) is 0 Å². The zero-order valence-electron chi connectivity index (χ0n) is 18.4. The number of hydrogen-bond donors (Lipinski definition) is 2. The van der Waals surface area contributed by atoms with E-state index in [0.29, 0.717) is 22.4 Å². The average molecular weight is 530 g/mol. The van der Waals surface area contributed by atoms with Crippen molar-refractivity contribution >= 4 is 50.7 Å². The van der Waals surface area contributed by atoms with Crippen molar-refractivity contribution in [2.45, 2.75) is 0 Å². The van der Waals surface area contributed by atoms with Gasteiger partial charge < -0.3 is 10.1 Å². The van der Waals surface area contributed by atoms with Crippen LogP contribution in [0, 0.1) is 0 Å². The lowest BCUT2D eigenvalue weighted by molar-refractivity contribution is -0.120. The number of benzene rings is 4. The van der Waals surface area contributed by atoms with E-state index in [4.69, 9.17) is 4.74 Å². The third kappa shape index (κ3) is 6.18. The fourth-order valence-electron chi connectivity index (χ4n) is 3.33. The van der Waals surface area contributed by atoms with Crippen LogP contribution in [0.1, 0.15) is 26.3 Å². The van der Waals surface area contributed by atoms with Gasteiger partial charge in [-0.3, -0.25) is 9.59 Å². The summed E-state index contributed by atoms with van der Waals surface area (Å²) in [5.74, 6) is -1.09. The van der Waals surface area contributed by atoms with Crippen LogP contribution < -0.4 is 15.5 Å². The molecule has 0 heterocycles. The van der Waals surface area contributed by atoms with Crippen molar-refractivity contribution in [2.75, 3.05) is 6.54 Å². The van der Waals surface area contributed by atoms with E-state index in [1.165, 1.54) is 6.21 Å². The summed E-state index contributed by atoms with van der Waals surface area (Å²) in [6, 6.07) is 26.6. The van der Waals surface area contributed by atoms with Gasteiger partial charge in [-0.05, 0) is 47.2 Å². The highest BCUT2D eigenvalue weighted by molar-refractivity contribution is 9.10. The number of esters is 1. The number of nitrogens with zero attached hydrogens (tertiary/aromatic N) is 1. The smallest absolute Gasteiger partial charge is 0.343 e. The van der Waals surface area contributed by atoms with Gasteiger partial charge in [-0.1, -0.05) is 70.5 Å². The van der Waals surface area contributed by atoms with E-state index in [9.17, 15) is 14.4 Å². The molecule has 0 unspecified atom stereocenters. The van der Waals surface area contributed by atoms with E-state index in [1.54, 1.807) is 54.6 Å². The number of amides is 2. The van der Waals surface area contributed by atoms with Gasteiger partial charge in [-0.2, -0.15) is 5.10 Å². The van der Waals surface area contributed by atoms with E-state index in [2.05, 4.69) is 31.8 Å². The molecule has 0 saturated carbocycles. The zero-order chi connectivity index (χ0) is 24.6. The second-order valence-corrected chi connectivity index (χ2v) is 8.36. The number of carbonyl (C=O) groups is 3. The summed E-state index contributed by atoms with van der Waals surface area (Å²) in [6.45, 7) is -0.256.